The second kappa shape index (κ2) is 7.15. The lowest BCUT2D eigenvalue weighted by Crippen LogP contribution is -2.43. The summed E-state index contributed by atoms with van der Waals surface area (Å²) in [5, 5.41) is 2.72. The summed E-state index contributed by atoms with van der Waals surface area (Å²) in [5.41, 5.74) is 0. The summed E-state index contributed by atoms with van der Waals surface area (Å²) in [7, 11) is 0. The zero-order valence-electron chi connectivity index (χ0n) is 13.0. The number of para-hydroxylation sites is 2. The van der Waals surface area contributed by atoms with Crippen LogP contribution in [0.2, 0.25) is 0 Å². The minimum Gasteiger partial charge on any atom is -0.485 e. The first-order valence-electron chi connectivity index (χ1n) is 7.34. The number of carbonyl (C=O) groups is 2. The Hall–Kier alpha value is -2.24. The van der Waals surface area contributed by atoms with Crippen LogP contribution in [-0.4, -0.2) is 37.2 Å². The number of hydrogen-bond acceptors (Lipinski definition) is 5. The van der Waals surface area contributed by atoms with Gasteiger partial charge >= 0.3 is 5.97 Å². The van der Waals surface area contributed by atoms with E-state index in [1.807, 2.05) is 19.9 Å². The van der Waals surface area contributed by atoms with Crippen LogP contribution in [0.3, 0.4) is 0 Å². The molecule has 0 unspecified atom stereocenters. The second-order valence-electron chi connectivity index (χ2n) is 5.58. The highest BCUT2D eigenvalue weighted by Gasteiger charge is 2.31. The normalized spacial score (nSPS) is 17.7. The molecule has 1 N–H and O–H groups in total. The van der Waals surface area contributed by atoms with Crippen LogP contribution in [0.4, 0.5) is 0 Å². The molecule has 0 aromatic heterocycles. The van der Waals surface area contributed by atoms with Gasteiger partial charge in [-0.2, -0.15) is 0 Å². The van der Waals surface area contributed by atoms with Gasteiger partial charge in [0.25, 0.3) is 5.91 Å². The molecule has 0 spiro atoms. The van der Waals surface area contributed by atoms with E-state index in [-0.39, 0.29) is 12.5 Å². The summed E-state index contributed by atoms with van der Waals surface area (Å²) in [6.07, 6.45) is -1.73. The molecule has 1 aromatic carbocycles. The number of rotatable bonds is 5. The monoisotopic (exact) mass is 307 g/mol. The Bertz CT molecular complexity index is 543. The molecule has 1 aromatic rings. The Balaban J connectivity index is 1.86. The standard InChI is InChI=1S/C16H21NO5/c1-10(2)8-17-15(18)11(3)21-16(19)14-9-20-12-6-4-5-7-13(12)22-14/h4-7,10-11,14H,8-9H2,1-3H3,(H,17,18)/t11-,14+/m1/s1. The maximum atomic E-state index is 12.1. The number of esters is 1. The molecule has 2 atom stereocenters. The van der Waals surface area contributed by atoms with Gasteiger partial charge in [-0.25, -0.2) is 4.79 Å². The number of carbonyl (C=O) groups excluding carboxylic acids is 2. The SMILES string of the molecule is CC(C)CNC(=O)[C@@H](C)OC(=O)[C@@H]1COc2ccccc2O1. The maximum Gasteiger partial charge on any atom is 0.351 e. The van der Waals surface area contributed by atoms with Gasteiger partial charge < -0.3 is 19.5 Å². The van der Waals surface area contributed by atoms with Gasteiger partial charge in [-0.15, -0.1) is 0 Å². The van der Waals surface area contributed by atoms with Crippen LogP contribution in [0, 0.1) is 5.92 Å². The minimum absolute atomic E-state index is 0.0657. The number of amides is 1. The van der Waals surface area contributed by atoms with E-state index >= 15 is 0 Å². The van der Waals surface area contributed by atoms with Gasteiger partial charge in [-0.05, 0) is 25.0 Å². The quantitative estimate of drug-likeness (QED) is 0.835. The summed E-state index contributed by atoms with van der Waals surface area (Å²) in [6, 6.07) is 7.09. The van der Waals surface area contributed by atoms with Gasteiger partial charge in [-0.1, -0.05) is 26.0 Å². The summed E-state index contributed by atoms with van der Waals surface area (Å²) < 4.78 is 16.1. The van der Waals surface area contributed by atoms with Gasteiger partial charge in [0.1, 0.15) is 6.61 Å². The highest BCUT2D eigenvalue weighted by Crippen LogP contribution is 2.31. The molecule has 1 heterocycles. The van der Waals surface area contributed by atoms with Crippen LogP contribution >= 0.6 is 0 Å². The molecule has 1 aliphatic rings. The van der Waals surface area contributed by atoms with Crippen molar-refractivity contribution >= 4 is 11.9 Å². The van der Waals surface area contributed by atoms with Crippen molar-refractivity contribution in [1.29, 1.82) is 0 Å². The third-order valence-electron chi connectivity index (χ3n) is 3.12. The van der Waals surface area contributed by atoms with Crippen molar-refractivity contribution in [3.05, 3.63) is 24.3 Å². The van der Waals surface area contributed by atoms with E-state index in [0.29, 0.717) is 24.0 Å². The molecule has 0 bridgehead atoms. The molecule has 0 saturated heterocycles. The number of benzene rings is 1. The largest absolute Gasteiger partial charge is 0.485 e. The molecule has 2 rings (SSSR count). The topological polar surface area (TPSA) is 73.9 Å². The van der Waals surface area contributed by atoms with Crippen LogP contribution in [-0.2, 0) is 14.3 Å². The summed E-state index contributed by atoms with van der Waals surface area (Å²) >= 11 is 0. The minimum atomic E-state index is -0.868. The zero-order chi connectivity index (χ0) is 16.1. The van der Waals surface area contributed by atoms with Gasteiger partial charge in [0.15, 0.2) is 17.6 Å². The Morgan fingerprint density at radius 3 is 2.64 bits per heavy atom. The van der Waals surface area contributed by atoms with Crippen molar-refractivity contribution in [1.82, 2.24) is 5.32 Å². The van der Waals surface area contributed by atoms with Crippen LogP contribution < -0.4 is 14.8 Å². The molecular weight excluding hydrogens is 286 g/mol. The van der Waals surface area contributed by atoms with Gasteiger partial charge in [0.05, 0.1) is 0 Å². The number of ether oxygens (including phenoxy) is 3. The van der Waals surface area contributed by atoms with Crippen LogP contribution in [0.25, 0.3) is 0 Å². The molecule has 1 aliphatic heterocycles. The molecule has 0 aliphatic carbocycles. The molecule has 120 valence electrons. The van der Waals surface area contributed by atoms with E-state index in [9.17, 15) is 9.59 Å². The van der Waals surface area contributed by atoms with Crippen LogP contribution in [0.15, 0.2) is 24.3 Å². The first kappa shape index (κ1) is 16.1. The van der Waals surface area contributed by atoms with Gasteiger partial charge in [0.2, 0.25) is 6.10 Å². The molecule has 0 radical (unpaired) electrons. The van der Waals surface area contributed by atoms with Crippen molar-refractivity contribution in [3.8, 4) is 11.5 Å². The molecule has 1 amide bonds. The van der Waals surface area contributed by atoms with E-state index < -0.39 is 18.2 Å². The summed E-state index contributed by atoms with van der Waals surface area (Å²) in [5.74, 6) is 0.487. The van der Waals surface area contributed by atoms with Crippen molar-refractivity contribution < 1.29 is 23.8 Å². The number of fused-ring (bicyclic) bond motifs is 1. The molecule has 0 saturated carbocycles. The van der Waals surface area contributed by atoms with Crippen molar-refractivity contribution in [2.24, 2.45) is 5.92 Å². The van der Waals surface area contributed by atoms with Gasteiger partial charge in [0, 0.05) is 6.54 Å². The lowest BCUT2D eigenvalue weighted by Gasteiger charge is -2.26. The molecule has 0 fully saturated rings. The van der Waals surface area contributed by atoms with Crippen LogP contribution in [0.5, 0.6) is 11.5 Å². The van der Waals surface area contributed by atoms with E-state index in [2.05, 4.69) is 5.32 Å². The highest BCUT2D eigenvalue weighted by atomic mass is 16.6. The fourth-order valence-corrected chi connectivity index (χ4v) is 1.89. The van der Waals surface area contributed by atoms with E-state index in [0.717, 1.165) is 0 Å². The Morgan fingerprint density at radius 2 is 1.95 bits per heavy atom. The Kier molecular flexibility index (Phi) is 5.25. The van der Waals surface area contributed by atoms with E-state index in [4.69, 9.17) is 14.2 Å². The molecular formula is C16H21NO5. The van der Waals surface area contributed by atoms with E-state index in [1.165, 1.54) is 6.92 Å². The van der Waals surface area contributed by atoms with Crippen molar-refractivity contribution in [2.75, 3.05) is 13.2 Å². The third kappa shape index (κ3) is 4.13. The third-order valence-corrected chi connectivity index (χ3v) is 3.12. The first-order valence-corrected chi connectivity index (χ1v) is 7.34. The lowest BCUT2D eigenvalue weighted by atomic mass is 10.2. The molecule has 22 heavy (non-hydrogen) atoms. The number of hydrogen-bond donors (Lipinski definition) is 1. The maximum absolute atomic E-state index is 12.1. The Labute approximate surface area is 129 Å². The molecule has 6 nitrogen and oxygen atoms in total. The summed E-state index contributed by atoms with van der Waals surface area (Å²) in [6.45, 7) is 6.11. The predicted octanol–water partition coefficient (Wildman–Crippen LogP) is 1.53. The van der Waals surface area contributed by atoms with Crippen molar-refractivity contribution in [2.45, 2.75) is 33.0 Å². The smallest absolute Gasteiger partial charge is 0.351 e. The van der Waals surface area contributed by atoms with E-state index in [1.54, 1.807) is 18.2 Å². The number of nitrogens with one attached hydrogen (secondary N) is 1. The molecule has 6 heteroatoms. The zero-order valence-corrected chi connectivity index (χ0v) is 13.0. The summed E-state index contributed by atoms with van der Waals surface area (Å²) in [4.78, 5) is 23.9. The first-order chi connectivity index (χ1) is 10.5. The van der Waals surface area contributed by atoms with Gasteiger partial charge in [-0.3, -0.25) is 4.79 Å². The van der Waals surface area contributed by atoms with Crippen molar-refractivity contribution in [3.63, 3.8) is 0 Å². The second-order valence-corrected chi connectivity index (χ2v) is 5.58. The lowest BCUT2D eigenvalue weighted by molar-refractivity contribution is -0.163. The average Bonchev–Trinajstić information content (AvgIpc) is 2.51. The highest BCUT2D eigenvalue weighted by molar-refractivity contribution is 5.84. The fourth-order valence-electron chi connectivity index (χ4n) is 1.89. The Morgan fingerprint density at radius 1 is 1.27 bits per heavy atom. The average molecular weight is 307 g/mol. The predicted molar refractivity (Wildman–Crippen MR) is 79.8 cm³/mol. The van der Waals surface area contributed by atoms with Crippen LogP contribution in [0.1, 0.15) is 20.8 Å². The fraction of sp³-hybridized carbons (Fsp3) is 0.500.